The molecule has 0 saturated carbocycles. The Balaban J connectivity index is 1.49. The van der Waals surface area contributed by atoms with Gasteiger partial charge in [-0.15, -0.1) is 0 Å². The van der Waals surface area contributed by atoms with Crippen molar-refractivity contribution in [3.63, 3.8) is 0 Å². The van der Waals surface area contributed by atoms with E-state index in [2.05, 4.69) is 12.2 Å². The summed E-state index contributed by atoms with van der Waals surface area (Å²) in [5.74, 6) is -0.219. The molecule has 152 valence electrons. The van der Waals surface area contributed by atoms with Crippen LogP contribution in [0.3, 0.4) is 0 Å². The van der Waals surface area contributed by atoms with Crippen LogP contribution in [-0.4, -0.2) is 31.7 Å². The van der Waals surface area contributed by atoms with Gasteiger partial charge in [0.1, 0.15) is 5.58 Å². The Labute approximate surface area is 170 Å². The number of hydrogen-bond donors (Lipinski definition) is 1. The molecule has 0 atom stereocenters. The number of nitrogens with one attached hydrogen (secondary N) is 1. The third-order valence-corrected chi connectivity index (χ3v) is 7.19. The average molecular weight is 413 g/mol. The van der Waals surface area contributed by atoms with E-state index in [4.69, 9.17) is 4.42 Å². The SMILES string of the molecule is CCc1ccc2c(CC(=O)Nc3cccc(S(=O)(=O)N4CCCC4)c3)coc2c1. The van der Waals surface area contributed by atoms with E-state index in [1.807, 2.05) is 18.2 Å². The third-order valence-electron chi connectivity index (χ3n) is 5.30. The molecule has 0 aliphatic carbocycles. The maximum atomic E-state index is 12.7. The van der Waals surface area contributed by atoms with Gasteiger partial charge in [-0.05, 0) is 49.1 Å². The number of amides is 1. The standard InChI is InChI=1S/C22H24N2O4S/c1-2-16-8-9-20-17(15-28-21(20)12-16)13-22(25)23-18-6-5-7-19(14-18)29(26,27)24-10-3-4-11-24/h5-9,12,14-15H,2-4,10-11,13H2,1H3,(H,23,25). The number of rotatable bonds is 6. The summed E-state index contributed by atoms with van der Waals surface area (Å²) in [4.78, 5) is 12.8. The van der Waals surface area contributed by atoms with Crippen LogP contribution in [0.15, 0.2) is 58.0 Å². The van der Waals surface area contributed by atoms with Crippen LogP contribution in [0.1, 0.15) is 30.9 Å². The molecule has 29 heavy (non-hydrogen) atoms. The highest BCUT2D eigenvalue weighted by Gasteiger charge is 2.27. The maximum Gasteiger partial charge on any atom is 0.243 e. The molecule has 0 unspecified atom stereocenters. The lowest BCUT2D eigenvalue weighted by Gasteiger charge is -2.16. The van der Waals surface area contributed by atoms with Gasteiger partial charge in [-0.25, -0.2) is 8.42 Å². The Kier molecular flexibility index (Phi) is 5.43. The highest BCUT2D eigenvalue weighted by molar-refractivity contribution is 7.89. The summed E-state index contributed by atoms with van der Waals surface area (Å²) in [6.07, 6.45) is 4.45. The van der Waals surface area contributed by atoms with E-state index >= 15 is 0 Å². The quantitative estimate of drug-likeness (QED) is 0.665. The lowest BCUT2D eigenvalue weighted by Crippen LogP contribution is -2.28. The number of furan rings is 1. The molecular weight excluding hydrogens is 388 g/mol. The smallest absolute Gasteiger partial charge is 0.243 e. The van der Waals surface area contributed by atoms with Crippen LogP contribution >= 0.6 is 0 Å². The largest absolute Gasteiger partial charge is 0.464 e. The van der Waals surface area contributed by atoms with Gasteiger partial charge in [-0.2, -0.15) is 4.31 Å². The molecule has 0 spiro atoms. The number of aryl methyl sites for hydroxylation is 1. The van der Waals surface area contributed by atoms with E-state index < -0.39 is 10.0 Å². The van der Waals surface area contributed by atoms with Crippen molar-refractivity contribution in [3.05, 3.63) is 59.9 Å². The minimum Gasteiger partial charge on any atom is -0.464 e. The average Bonchev–Trinajstić information content (AvgIpc) is 3.39. The van der Waals surface area contributed by atoms with Crippen molar-refractivity contribution in [2.24, 2.45) is 0 Å². The van der Waals surface area contributed by atoms with Gasteiger partial charge in [-0.3, -0.25) is 4.79 Å². The van der Waals surface area contributed by atoms with Crippen molar-refractivity contribution >= 4 is 32.6 Å². The van der Waals surface area contributed by atoms with E-state index in [1.54, 1.807) is 24.5 Å². The second kappa shape index (κ2) is 8.00. The van der Waals surface area contributed by atoms with Crippen LogP contribution in [0.4, 0.5) is 5.69 Å². The van der Waals surface area contributed by atoms with E-state index in [0.717, 1.165) is 35.8 Å². The topological polar surface area (TPSA) is 79.6 Å². The molecule has 1 N–H and O–H groups in total. The molecule has 7 heteroatoms. The molecule has 2 aromatic carbocycles. The highest BCUT2D eigenvalue weighted by Crippen LogP contribution is 2.25. The summed E-state index contributed by atoms with van der Waals surface area (Å²) in [5, 5.41) is 3.73. The highest BCUT2D eigenvalue weighted by atomic mass is 32.2. The molecule has 0 bridgehead atoms. The predicted octanol–water partition coefficient (Wildman–Crippen LogP) is 3.96. The first-order chi connectivity index (χ1) is 14.0. The summed E-state index contributed by atoms with van der Waals surface area (Å²) < 4.78 is 32.6. The van der Waals surface area contributed by atoms with Crippen molar-refractivity contribution in [1.29, 1.82) is 0 Å². The molecular formula is C22H24N2O4S. The monoisotopic (exact) mass is 412 g/mol. The summed E-state index contributed by atoms with van der Waals surface area (Å²) in [6.45, 7) is 3.18. The van der Waals surface area contributed by atoms with Crippen molar-refractivity contribution in [2.75, 3.05) is 18.4 Å². The van der Waals surface area contributed by atoms with Crippen molar-refractivity contribution in [2.45, 2.75) is 37.5 Å². The number of benzene rings is 2. The Hall–Kier alpha value is -2.64. The fourth-order valence-corrected chi connectivity index (χ4v) is 5.24. The van der Waals surface area contributed by atoms with Gasteiger partial charge in [-0.1, -0.05) is 25.1 Å². The molecule has 1 aliphatic heterocycles. The van der Waals surface area contributed by atoms with Crippen molar-refractivity contribution < 1.29 is 17.6 Å². The molecule has 4 rings (SSSR count). The van der Waals surface area contributed by atoms with Gasteiger partial charge in [0.25, 0.3) is 0 Å². The Morgan fingerprint density at radius 1 is 1.14 bits per heavy atom. The molecule has 0 radical (unpaired) electrons. The molecule has 1 saturated heterocycles. The molecule has 3 aromatic rings. The number of hydrogen-bond acceptors (Lipinski definition) is 4. The molecule has 2 heterocycles. The van der Waals surface area contributed by atoms with Gasteiger partial charge < -0.3 is 9.73 Å². The lowest BCUT2D eigenvalue weighted by atomic mass is 10.1. The lowest BCUT2D eigenvalue weighted by molar-refractivity contribution is -0.115. The van der Waals surface area contributed by atoms with Gasteiger partial charge in [0.2, 0.25) is 15.9 Å². The second-order valence-electron chi connectivity index (χ2n) is 7.31. The van der Waals surface area contributed by atoms with Crippen LogP contribution in [-0.2, 0) is 27.7 Å². The Morgan fingerprint density at radius 2 is 1.93 bits per heavy atom. The Bertz CT molecular complexity index is 1140. The molecule has 1 aromatic heterocycles. The normalized spacial score (nSPS) is 15.1. The fourth-order valence-electron chi connectivity index (χ4n) is 3.67. The zero-order valence-corrected chi connectivity index (χ0v) is 17.2. The van der Waals surface area contributed by atoms with E-state index in [1.165, 1.54) is 15.9 Å². The third kappa shape index (κ3) is 4.06. The molecule has 1 amide bonds. The van der Waals surface area contributed by atoms with E-state index in [-0.39, 0.29) is 17.2 Å². The summed E-state index contributed by atoms with van der Waals surface area (Å²) in [5.41, 5.74) is 3.22. The first-order valence-electron chi connectivity index (χ1n) is 9.86. The molecule has 6 nitrogen and oxygen atoms in total. The van der Waals surface area contributed by atoms with Gasteiger partial charge >= 0.3 is 0 Å². The summed E-state index contributed by atoms with van der Waals surface area (Å²) in [7, 11) is -3.52. The maximum absolute atomic E-state index is 12.7. The number of sulfonamides is 1. The number of carbonyl (C=O) groups excluding carboxylic acids is 1. The van der Waals surface area contributed by atoms with Crippen LogP contribution in [0.5, 0.6) is 0 Å². The summed E-state index contributed by atoms with van der Waals surface area (Å²) in [6, 6.07) is 12.4. The number of nitrogens with zero attached hydrogens (tertiary/aromatic N) is 1. The van der Waals surface area contributed by atoms with Crippen LogP contribution in [0.2, 0.25) is 0 Å². The zero-order chi connectivity index (χ0) is 20.4. The van der Waals surface area contributed by atoms with Crippen LogP contribution in [0.25, 0.3) is 11.0 Å². The minimum absolute atomic E-state index is 0.154. The number of carbonyl (C=O) groups is 1. The fraction of sp³-hybridized carbons (Fsp3) is 0.318. The molecule has 1 aliphatic rings. The van der Waals surface area contributed by atoms with Gasteiger partial charge in [0.15, 0.2) is 0 Å². The van der Waals surface area contributed by atoms with Crippen molar-refractivity contribution in [3.8, 4) is 0 Å². The van der Waals surface area contributed by atoms with Gasteiger partial charge in [0, 0.05) is 29.7 Å². The Morgan fingerprint density at radius 3 is 2.69 bits per heavy atom. The van der Waals surface area contributed by atoms with E-state index in [9.17, 15) is 13.2 Å². The first kappa shape index (κ1) is 19.7. The predicted molar refractivity (Wildman–Crippen MR) is 112 cm³/mol. The molecule has 1 fully saturated rings. The number of anilines is 1. The first-order valence-corrected chi connectivity index (χ1v) is 11.3. The minimum atomic E-state index is -3.52. The van der Waals surface area contributed by atoms with Crippen LogP contribution in [0, 0.1) is 0 Å². The van der Waals surface area contributed by atoms with Crippen LogP contribution < -0.4 is 5.32 Å². The van der Waals surface area contributed by atoms with E-state index in [0.29, 0.717) is 18.8 Å². The van der Waals surface area contributed by atoms with Gasteiger partial charge in [0.05, 0.1) is 17.6 Å². The van der Waals surface area contributed by atoms with Crippen molar-refractivity contribution in [1.82, 2.24) is 4.31 Å². The summed E-state index contributed by atoms with van der Waals surface area (Å²) >= 11 is 0. The number of fused-ring (bicyclic) bond motifs is 1. The zero-order valence-electron chi connectivity index (χ0n) is 16.3. The second-order valence-corrected chi connectivity index (χ2v) is 9.25.